The molecule has 0 radical (unpaired) electrons. The summed E-state index contributed by atoms with van der Waals surface area (Å²) in [6.07, 6.45) is 0.424. The molecule has 2 heterocycles. The van der Waals surface area contributed by atoms with Crippen LogP contribution in [0.3, 0.4) is 0 Å². The van der Waals surface area contributed by atoms with Gasteiger partial charge in [-0.2, -0.15) is 0 Å². The Kier molecular flexibility index (Phi) is 9.01. The average Bonchev–Trinajstić information content (AvgIpc) is 3.41. The van der Waals surface area contributed by atoms with Crippen LogP contribution < -0.4 is 23.8 Å². The van der Waals surface area contributed by atoms with Crippen molar-refractivity contribution in [3.63, 3.8) is 0 Å². The third-order valence-corrected chi connectivity index (χ3v) is 7.80. The number of likely N-dealkylation sites (tertiary alicyclic amines) is 1. The van der Waals surface area contributed by atoms with Crippen molar-refractivity contribution in [2.45, 2.75) is 33.1 Å². The second kappa shape index (κ2) is 12.3. The number of amides is 2. The van der Waals surface area contributed by atoms with Gasteiger partial charge in [0.25, 0.3) is 0 Å². The summed E-state index contributed by atoms with van der Waals surface area (Å²) in [5.41, 5.74) is 1.79. The lowest BCUT2D eigenvalue weighted by molar-refractivity contribution is -0.136. The van der Waals surface area contributed by atoms with E-state index in [1.165, 1.54) is 0 Å². The zero-order valence-electron chi connectivity index (χ0n) is 24.9. The van der Waals surface area contributed by atoms with Gasteiger partial charge >= 0.3 is 0 Å². The van der Waals surface area contributed by atoms with Gasteiger partial charge in [-0.1, -0.05) is 32.9 Å². The van der Waals surface area contributed by atoms with E-state index in [0.717, 1.165) is 17.0 Å². The third-order valence-electron chi connectivity index (χ3n) is 7.80. The topological polar surface area (TPSA) is 80.8 Å². The van der Waals surface area contributed by atoms with Gasteiger partial charge in [-0.05, 0) is 35.2 Å². The van der Waals surface area contributed by atoms with E-state index in [1.807, 2.05) is 46.2 Å². The number of ether oxygens (including phenoxy) is 4. The average molecular weight is 554 g/mol. The van der Waals surface area contributed by atoms with Crippen LogP contribution in [0.15, 0.2) is 36.4 Å². The van der Waals surface area contributed by atoms with Crippen LogP contribution >= 0.6 is 0 Å². The van der Waals surface area contributed by atoms with Gasteiger partial charge in [0, 0.05) is 51.6 Å². The fraction of sp³-hybridized carbons (Fsp3) is 0.548. The molecule has 0 unspecified atom stereocenters. The number of rotatable bonds is 8. The van der Waals surface area contributed by atoms with Crippen molar-refractivity contribution in [1.29, 1.82) is 0 Å². The zero-order chi connectivity index (χ0) is 29.0. The van der Waals surface area contributed by atoms with E-state index in [1.54, 1.807) is 28.4 Å². The number of hydrogen-bond acceptors (Lipinski definition) is 7. The Hall–Kier alpha value is -3.62. The van der Waals surface area contributed by atoms with Crippen molar-refractivity contribution >= 4 is 17.5 Å². The quantitative estimate of drug-likeness (QED) is 0.488. The molecule has 2 aliphatic heterocycles. The molecule has 2 aromatic rings. The molecule has 2 fully saturated rings. The van der Waals surface area contributed by atoms with Crippen molar-refractivity contribution < 1.29 is 28.5 Å². The highest BCUT2D eigenvalue weighted by Crippen LogP contribution is 2.44. The second-order valence-electron chi connectivity index (χ2n) is 11.7. The van der Waals surface area contributed by atoms with Gasteiger partial charge in [0.15, 0.2) is 11.5 Å². The van der Waals surface area contributed by atoms with Crippen LogP contribution in [0.25, 0.3) is 0 Å². The maximum atomic E-state index is 14.1. The molecule has 0 N–H and O–H groups in total. The van der Waals surface area contributed by atoms with E-state index in [0.29, 0.717) is 62.9 Å². The first-order valence-corrected chi connectivity index (χ1v) is 13.8. The molecule has 0 bridgehead atoms. The lowest BCUT2D eigenvalue weighted by Gasteiger charge is -2.38. The van der Waals surface area contributed by atoms with Crippen LogP contribution in [0, 0.1) is 11.3 Å². The molecule has 4 rings (SSSR count). The molecule has 2 aliphatic rings. The number of carbonyl (C=O) groups excluding carboxylic acids is 2. The minimum Gasteiger partial charge on any atom is -0.495 e. The van der Waals surface area contributed by atoms with E-state index >= 15 is 0 Å². The summed E-state index contributed by atoms with van der Waals surface area (Å²) >= 11 is 0. The SMILES string of the molecule is COc1ccccc1N1CCN(C(=O)[C@@H]2CN(C(=O)CC(C)(C)C)C[C@H]2c2cc(OC)c(OC)c(OC)c2)CC1. The molecule has 0 saturated carbocycles. The molecule has 0 aliphatic carbocycles. The fourth-order valence-corrected chi connectivity index (χ4v) is 5.77. The highest BCUT2D eigenvalue weighted by atomic mass is 16.5. The summed E-state index contributed by atoms with van der Waals surface area (Å²) in [6.45, 7) is 9.65. The lowest BCUT2D eigenvalue weighted by Crippen LogP contribution is -2.51. The van der Waals surface area contributed by atoms with Gasteiger partial charge in [0.2, 0.25) is 17.6 Å². The van der Waals surface area contributed by atoms with E-state index in [9.17, 15) is 9.59 Å². The number of piperazine rings is 1. The Morgan fingerprint density at radius 3 is 1.95 bits per heavy atom. The van der Waals surface area contributed by atoms with Crippen molar-refractivity contribution in [3.05, 3.63) is 42.0 Å². The maximum Gasteiger partial charge on any atom is 0.228 e. The van der Waals surface area contributed by atoms with E-state index in [-0.39, 0.29) is 29.1 Å². The molecule has 0 spiro atoms. The predicted molar refractivity (Wildman–Crippen MR) is 155 cm³/mol. The lowest BCUT2D eigenvalue weighted by atomic mass is 9.87. The van der Waals surface area contributed by atoms with Gasteiger partial charge in [-0.15, -0.1) is 0 Å². The molecule has 2 amide bonds. The summed E-state index contributed by atoms with van der Waals surface area (Å²) in [5.74, 6) is 1.98. The van der Waals surface area contributed by atoms with Crippen LogP contribution in [-0.2, 0) is 9.59 Å². The molecular weight excluding hydrogens is 510 g/mol. The number of para-hydroxylation sites is 2. The van der Waals surface area contributed by atoms with E-state index < -0.39 is 0 Å². The van der Waals surface area contributed by atoms with E-state index in [2.05, 4.69) is 25.7 Å². The highest BCUT2D eigenvalue weighted by Gasteiger charge is 2.43. The smallest absolute Gasteiger partial charge is 0.228 e. The summed E-state index contributed by atoms with van der Waals surface area (Å²) in [5, 5.41) is 0. The number of methoxy groups -OCH3 is 4. The molecule has 0 aromatic heterocycles. The molecular formula is C31H43N3O6. The standard InChI is InChI=1S/C31H43N3O6/c1-31(2,3)18-28(35)34-19-22(21-16-26(38-5)29(40-7)27(17-21)39-6)23(20-34)30(36)33-14-12-32(13-15-33)24-10-8-9-11-25(24)37-4/h8-11,16-17,22-23H,12-15,18-20H2,1-7H3/t22-,23+/m0/s1. The van der Waals surface area contributed by atoms with Crippen LogP contribution in [0.2, 0.25) is 0 Å². The molecule has 2 saturated heterocycles. The number of carbonyl (C=O) groups is 2. The van der Waals surface area contributed by atoms with Crippen LogP contribution in [-0.4, -0.2) is 89.3 Å². The van der Waals surface area contributed by atoms with Crippen molar-refractivity contribution in [3.8, 4) is 23.0 Å². The minimum absolute atomic E-state index is 0.0706. The Balaban J connectivity index is 1.59. The molecule has 2 aromatic carbocycles. The maximum absolute atomic E-state index is 14.1. The van der Waals surface area contributed by atoms with Crippen molar-refractivity contribution in [1.82, 2.24) is 9.80 Å². The first-order valence-electron chi connectivity index (χ1n) is 13.8. The molecule has 9 nitrogen and oxygen atoms in total. The summed E-state index contributed by atoms with van der Waals surface area (Å²) in [6, 6.07) is 11.8. The Morgan fingerprint density at radius 1 is 0.800 bits per heavy atom. The number of nitrogens with zero attached hydrogens (tertiary/aromatic N) is 3. The summed E-state index contributed by atoms with van der Waals surface area (Å²) in [7, 11) is 6.41. The van der Waals surface area contributed by atoms with Crippen LogP contribution in [0.5, 0.6) is 23.0 Å². The van der Waals surface area contributed by atoms with Crippen molar-refractivity contribution in [2.24, 2.45) is 11.3 Å². The van der Waals surface area contributed by atoms with Gasteiger partial charge in [0.05, 0.1) is 40.0 Å². The summed E-state index contributed by atoms with van der Waals surface area (Å²) in [4.78, 5) is 33.5. The fourth-order valence-electron chi connectivity index (χ4n) is 5.77. The highest BCUT2D eigenvalue weighted by molar-refractivity contribution is 5.84. The number of hydrogen-bond donors (Lipinski definition) is 0. The molecule has 2 atom stereocenters. The van der Waals surface area contributed by atoms with Gasteiger partial charge < -0.3 is 33.6 Å². The molecule has 9 heteroatoms. The van der Waals surface area contributed by atoms with Crippen LogP contribution in [0.4, 0.5) is 5.69 Å². The molecule has 218 valence electrons. The Bertz CT molecular complexity index is 1180. The normalized spacial score (nSPS) is 19.4. The summed E-state index contributed by atoms with van der Waals surface area (Å²) < 4.78 is 22.3. The van der Waals surface area contributed by atoms with E-state index in [4.69, 9.17) is 18.9 Å². The largest absolute Gasteiger partial charge is 0.495 e. The monoisotopic (exact) mass is 553 g/mol. The number of anilines is 1. The van der Waals surface area contributed by atoms with Gasteiger partial charge in [0.1, 0.15) is 5.75 Å². The molecule has 40 heavy (non-hydrogen) atoms. The Labute approximate surface area is 237 Å². The number of benzene rings is 2. The minimum atomic E-state index is -0.371. The van der Waals surface area contributed by atoms with Gasteiger partial charge in [-0.3, -0.25) is 9.59 Å². The predicted octanol–water partition coefficient (Wildman–Crippen LogP) is 4.05. The first-order chi connectivity index (χ1) is 19.1. The van der Waals surface area contributed by atoms with Crippen LogP contribution in [0.1, 0.15) is 38.7 Å². The van der Waals surface area contributed by atoms with Gasteiger partial charge in [-0.25, -0.2) is 0 Å². The second-order valence-corrected chi connectivity index (χ2v) is 11.7. The first kappa shape index (κ1) is 29.4. The Morgan fingerprint density at radius 2 is 1.40 bits per heavy atom. The zero-order valence-corrected chi connectivity index (χ0v) is 24.9. The van der Waals surface area contributed by atoms with Crippen molar-refractivity contribution in [2.75, 3.05) is 72.6 Å². The third kappa shape index (κ3) is 6.24.